The summed E-state index contributed by atoms with van der Waals surface area (Å²) < 4.78 is 19.5. The maximum absolute atomic E-state index is 13.1. The van der Waals surface area contributed by atoms with Crippen LogP contribution in [0.25, 0.3) is 0 Å². The Morgan fingerprint density at radius 3 is 2.74 bits per heavy atom. The Kier molecular flexibility index (Phi) is 4.74. The van der Waals surface area contributed by atoms with Gasteiger partial charge in [0, 0.05) is 10.9 Å². The molecule has 0 aliphatic heterocycles. The smallest absolute Gasteiger partial charge is 0.124 e. The lowest BCUT2D eigenvalue weighted by Crippen LogP contribution is -2.29. The first kappa shape index (κ1) is 14.2. The van der Waals surface area contributed by atoms with Crippen molar-refractivity contribution in [1.82, 2.24) is 5.43 Å². The standard InChI is InChI=1S/C14H16BrFN2O/c1-2-11-5-6-14(19-11)13(18-17)7-9-3-4-10(16)8-12(9)15/h3-6,8,13,18H,2,7,17H2,1H3. The van der Waals surface area contributed by atoms with Gasteiger partial charge in [0.25, 0.3) is 0 Å². The quantitative estimate of drug-likeness (QED) is 0.653. The SMILES string of the molecule is CCc1ccc(C(Cc2ccc(F)cc2Br)NN)o1. The molecule has 2 aromatic rings. The molecule has 102 valence electrons. The molecular formula is C14H16BrFN2O. The van der Waals surface area contributed by atoms with E-state index in [1.165, 1.54) is 12.1 Å². The summed E-state index contributed by atoms with van der Waals surface area (Å²) in [5.41, 5.74) is 3.71. The second-order valence-corrected chi connectivity index (χ2v) is 5.17. The highest BCUT2D eigenvalue weighted by Crippen LogP contribution is 2.25. The Morgan fingerprint density at radius 2 is 2.16 bits per heavy atom. The van der Waals surface area contributed by atoms with Gasteiger partial charge < -0.3 is 4.42 Å². The lowest BCUT2D eigenvalue weighted by atomic mass is 10.0. The number of halogens is 2. The van der Waals surface area contributed by atoms with Crippen LogP contribution in [0.3, 0.4) is 0 Å². The highest BCUT2D eigenvalue weighted by Gasteiger charge is 2.16. The molecule has 1 atom stereocenters. The summed E-state index contributed by atoms with van der Waals surface area (Å²) in [5.74, 6) is 7.03. The average Bonchev–Trinajstić information content (AvgIpc) is 2.86. The molecule has 5 heteroatoms. The lowest BCUT2D eigenvalue weighted by molar-refractivity contribution is 0.396. The van der Waals surface area contributed by atoms with Crippen molar-refractivity contribution in [2.45, 2.75) is 25.8 Å². The minimum Gasteiger partial charge on any atom is -0.464 e. The first-order chi connectivity index (χ1) is 9.13. The van der Waals surface area contributed by atoms with Gasteiger partial charge in [-0.15, -0.1) is 0 Å². The van der Waals surface area contributed by atoms with Crippen molar-refractivity contribution < 1.29 is 8.81 Å². The Hall–Kier alpha value is -1.17. The first-order valence-electron chi connectivity index (χ1n) is 6.12. The molecule has 0 bridgehead atoms. The molecule has 3 nitrogen and oxygen atoms in total. The molecule has 1 heterocycles. The Balaban J connectivity index is 2.18. The Labute approximate surface area is 120 Å². The summed E-state index contributed by atoms with van der Waals surface area (Å²) in [6, 6.07) is 8.35. The third-order valence-corrected chi connectivity index (χ3v) is 3.75. The van der Waals surface area contributed by atoms with E-state index in [0.717, 1.165) is 28.0 Å². The number of furan rings is 1. The van der Waals surface area contributed by atoms with Crippen LogP contribution in [0.4, 0.5) is 4.39 Å². The number of aryl methyl sites for hydroxylation is 1. The molecule has 0 spiro atoms. The molecule has 0 saturated carbocycles. The molecule has 1 aromatic carbocycles. The number of nitrogens with two attached hydrogens (primary N) is 1. The topological polar surface area (TPSA) is 51.2 Å². The fourth-order valence-electron chi connectivity index (χ4n) is 1.92. The van der Waals surface area contributed by atoms with Crippen LogP contribution in [0.2, 0.25) is 0 Å². The third kappa shape index (κ3) is 3.43. The van der Waals surface area contributed by atoms with Gasteiger partial charge in [0.1, 0.15) is 17.3 Å². The predicted molar refractivity (Wildman–Crippen MR) is 76.0 cm³/mol. The van der Waals surface area contributed by atoms with Crippen LogP contribution >= 0.6 is 15.9 Å². The number of hydrogen-bond donors (Lipinski definition) is 2. The minimum atomic E-state index is -0.265. The Morgan fingerprint density at radius 1 is 1.37 bits per heavy atom. The van der Waals surface area contributed by atoms with Gasteiger partial charge in [0.05, 0.1) is 6.04 Å². The molecule has 0 saturated heterocycles. The van der Waals surface area contributed by atoms with Crippen LogP contribution in [0, 0.1) is 5.82 Å². The van der Waals surface area contributed by atoms with Crippen molar-refractivity contribution in [3.63, 3.8) is 0 Å². The zero-order valence-electron chi connectivity index (χ0n) is 10.6. The van der Waals surface area contributed by atoms with Gasteiger partial charge in [-0.05, 0) is 36.2 Å². The molecule has 0 radical (unpaired) electrons. The van der Waals surface area contributed by atoms with Crippen molar-refractivity contribution in [2.75, 3.05) is 0 Å². The van der Waals surface area contributed by atoms with Crippen LogP contribution in [0.15, 0.2) is 39.2 Å². The molecule has 2 rings (SSSR count). The highest BCUT2D eigenvalue weighted by molar-refractivity contribution is 9.10. The van der Waals surface area contributed by atoms with E-state index in [1.54, 1.807) is 6.07 Å². The second-order valence-electron chi connectivity index (χ2n) is 4.32. The van der Waals surface area contributed by atoms with E-state index in [9.17, 15) is 4.39 Å². The zero-order valence-corrected chi connectivity index (χ0v) is 12.2. The van der Waals surface area contributed by atoms with Crippen LogP contribution in [-0.4, -0.2) is 0 Å². The van der Waals surface area contributed by atoms with Gasteiger partial charge in [-0.3, -0.25) is 5.84 Å². The molecule has 0 amide bonds. The van der Waals surface area contributed by atoms with E-state index in [4.69, 9.17) is 10.3 Å². The van der Waals surface area contributed by atoms with Crippen molar-refractivity contribution in [1.29, 1.82) is 0 Å². The molecule has 3 N–H and O–H groups in total. The summed E-state index contributed by atoms with van der Waals surface area (Å²) in [7, 11) is 0. The third-order valence-electron chi connectivity index (χ3n) is 3.01. The number of nitrogens with one attached hydrogen (secondary N) is 1. The van der Waals surface area contributed by atoms with Crippen molar-refractivity contribution in [3.05, 3.63) is 57.7 Å². The predicted octanol–water partition coefficient (Wildman–Crippen LogP) is 3.49. The number of hydrazine groups is 1. The lowest BCUT2D eigenvalue weighted by Gasteiger charge is -2.14. The largest absolute Gasteiger partial charge is 0.464 e. The summed E-state index contributed by atoms with van der Waals surface area (Å²) >= 11 is 3.36. The number of benzene rings is 1. The van der Waals surface area contributed by atoms with Crippen molar-refractivity contribution in [2.24, 2.45) is 5.84 Å². The van der Waals surface area contributed by atoms with Gasteiger partial charge in [0.2, 0.25) is 0 Å². The van der Waals surface area contributed by atoms with E-state index >= 15 is 0 Å². The monoisotopic (exact) mass is 326 g/mol. The molecular weight excluding hydrogens is 311 g/mol. The molecule has 0 aliphatic carbocycles. The van der Waals surface area contributed by atoms with Gasteiger partial charge in [-0.25, -0.2) is 9.82 Å². The first-order valence-corrected chi connectivity index (χ1v) is 6.92. The molecule has 1 aromatic heterocycles. The molecule has 0 fully saturated rings. The van der Waals surface area contributed by atoms with Gasteiger partial charge in [-0.1, -0.05) is 28.9 Å². The highest BCUT2D eigenvalue weighted by atomic mass is 79.9. The maximum atomic E-state index is 13.1. The average molecular weight is 327 g/mol. The summed E-state index contributed by atoms with van der Waals surface area (Å²) in [5, 5.41) is 0. The summed E-state index contributed by atoms with van der Waals surface area (Å²) in [6.45, 7) is 2.03. The molecule has 1 unspecified atom stereocenters. The van der Waals surface area contributed by atoms with Crippen molar-refractivity contribution >= 4 is 15.9 Å². The fourth-order valence-corrected chi connectivity index (χ4v) is 2.43. The summed E-state index contributed by atoms with van der Waals surface area (Å²) in [4.78, 5) is 0. The zero-order chi connectivity index (χ0) is 13.8. The summed E-state index contributed by atoms with van der Waals surface area (Å²) in [6.07, 6.45) is 1.46. The van der Waals surface area contributed by atoms with Crippen molar-refractivity contribution in [3.8, 4) is 0 Å². The van der Waals surface area contributed by atoms with Crippen LogP contribution in [0.5, 0.6) is 0 Å². The van der Waals surface area contributed by atoms with Gasteiger partial charge >= 0.3 is 0 Å². The van der Waals surface area contributed by atoms with E-state index in [-0.39, 0.29) is 11.9 Å². The molecule has 0 aliphatic rings. The van der Waals surface area contributed by atoms with E-state index in [1.807, 2.05) is 19.1 Å². The number of rotatable bonds is 5. The fraction of sp³-hybridized carbons (Fsp3) is 0.286. The minimum absolute atomic E-state index is 0.137. The molecule has 19 heavy (non-hydrogen) atoms. The van der Waals surface area contributed by atoms with Gasteiger partial charge in [-0.2, -0.15) is 0 Å². The van der Waals surface area contributed by atoms with Crippen LogP contribution in [0.1, 0.15) is 30.0 Å². The maximum Gasteiger partial charge on any atom is 0.124 e. The normalized spacial score (nSPS) is 12.6. The van der Waals surface area contributed by atoms with Crippen LogP contribution in [-0.2, 0) is 12.8 Å². The second kappa shape index (κ2) is 6.32. The van der Waals surface area contributed by atoms with E-state index < -0.39 is 0 Å². The van der Waals surface area contributed by atoms with Crippen LogP contribution < -0.4 is 11.3 Å². The van der Waals surface area contributed by atoms with Gasteiger partial charge in [0.15, 0.2) is 0 Å². The number of hydrogen-bond acceptors (Lipinski definition) is 3. The Bertz CT molecular complexity index is 556. The van der Waals surface area contributed by atoms with E-state index in [0.29, 0.717) is 6.42 Å². The van der Waals surface area contributed by atoms with E-state index in [2.05, 4.69) is 21.4 Å².